The molecule has 0 aliphatic carbocycles. The van der Waals surface area contributed by atoms with E-state index in [9.17, 15) is 4.79 Å². The van der Waals surface area contributed by atoms with Crippen LogP contribution in [0.25, 0.3) is 0 Å². The number of nitrogens with zero attached hydrogens (tertiary/aromatic N) is 2. The molecule has 0 saturated heterocycles. The molecule has 1 aromatic heterocycles. The zero-order chi connectivity index (χ0) is 13.1. The van der Waals surface area contributed by atoms with Gasteiger partial charge in [0.25, 0.3) is 0 Å². The first-order valence-electron chi connectivity index (χ1n) is 5.49. The Labute approximate surface area is 105 Å². The van der Waals surface area contributed by atoms with Crippen molar-refractivity contribution in [3.05, 3.63) is 47.3 Å². The number of carboxylic acid groups (broad SMARTS) is 1. The van der Waals surface area contributed by atoms with E-state index in [4.69, 9.17) is 9.84 Å². The highest BCUT2D eigenvalue weighted by molar-refractivity contribution is 5.86. The SMILES string of the molecule is COc1ccc(Cn2cc(C(=O)O)cn2)cc1C. The van der Waals surface area contributed by atoms with E-state index in [1.165, 1.54) is 12.4 Å². The van der Waals surface area contributed by atoms with Crippen LogP contribution in [0.1, 0.15) is 21.5 Å². The van der Waals surface area contributed by atoms with E-state index in [0.717, 1.165) is 16.9 Å². The van der Waals surface area contributed by atoms with Gasteiger partial charge in [-0.05, 0) is 24.1 Å². The van der Waals surface area contributed by atoms with Gasteiger partial charge in [-0.25, -0.2) is 4.79 Å². The Morgan fingerprint density at radius 1 is 1.50 bits per heavy atom. The summed E-state index contributed by atoms with van der Waals surface area (Å²) in [6, 6.07) is 5.83. The first kappa shape index (κ1) is 12.2. The van der Waals surface area contributed by atoms with Gasteiger partial charge in [0.2, 0.25) is 0 Å². The highest BCUT2D eigenvalue weighted by atomic mass is 16.5. The van der Waals surface area contributed by atoms with Crippen LogP contribution in [0.4, 0.5) is 0 Å². The number of benzene rings is 1. The van der Waals surface area contributed by atoms with Crippen LogP contribution in [0, 0.1) is 6.92 Å². The van der Waals surface area contributed by atoms with E-state index < -0.39 is 5.97 Å². The summed E-state index contributed by atoms with van der Waals surface area (Å²) in [5.41, 5.74) is 2.29. The number of methoxy groups -OCH3 is 1. The van der Waals surface area contributed by atoms with Crippen molar-refractivity contribution in [2.75, 3.05) is 7.11 Å². The van der Waals surface area contributed by atoms with Crippen LogP contribution >= 0.6 is 0 Å². The number of hydrogen-bond donors (Lipinski definition) is 1. The van der Waals surface area contributed by atoms with Gasteiger partial charge in [-0.2, -0.15) is 5.10 Å². The Hall–Kier alpha value is -2.30. The van der Waals surface area contributed by atoms with Crippen molar-refractivity contribution in [1.29, 1.82) is 0 Å². The molecule has 2 aromatic rings. The summed E-state index contributed by atoms with van der Waals surface area (Å²) in [6.07, 6.45) is 2.86. The van der Waals surface area contributed by atoms with Gasteiger partial charge >= 0.3 is 5.97 Å². The molecule has 0 spiro atoms. The second-order valence-electron chi connectivity index (χ2n) is 4.04. The lowest BCUT2D eigenvalue weighted by Crippen LogP contribution is -2.01. The molecule has 0 bridgehead atoms. The second-order valence-corrected chi connectivity index (χ2v) is 4.04. The average Bonchev–Trinajstić information content (AvgIpc) is 2.78. The van der Waals surface area contributed by atoms with Crippen molar-refractivity contribution in [3.63, 3.8) is 0 Å². The van der Waals surface area contributed by atoms with E-state index >= 15 is 0 Å². The predicted octanol–water partition coefficient (Wildman–Crippen LogP) is 1.95. The maximum Gasteiger partial charge on any atom is 0.338 e. The quantitative estimate of drug-likeness (QED) is 0.895. The van der Waals surface area contributed by atoms with E-state index in [2.05, 4.69) is 5.10 Å². The molecule has 0 atom stereocenters. The summed E-state index contributed by atoms with van der Waals surface area (Å²) in [4.78, 5) is 10.7. The van der Waals surface area contributed by atoms with Gasteiger partial charge in [0.15, 0.2) is 0 Å². The number of aromatic nitrogens is 2. The number of rotatable bonds is 4. The highest BCUT2D eigenvalue weighted by Crippen LogP contribution is 2.18. The second kappa shape index (κ2) is 4.91. The molecule has 0 radical (unpaired) electrons. The molecule has 18 heavy (non-hydrogen) atoms. The number of aryl methyl sites for hydroxylation is 1. The smallest absolute Gasteiger partial charge is 0.338 e. The molecule has 1 N–H and O–H groups in total. The lowest BCUT2D eigenvalue weighted by Gasteiger charge is -2.07. The molecule has 1 aromatic carbocycles. The number of carbonyl (C=O) groups is 1. The van der Waals surface area contributed by atoms with Gasteiger partial charge in [-0.15, -0.1) is 0 Å². The van der Waals surface area contributed by atoms with Crippen molar-refractivity contribution in [1.82, 2.24) is 9.78 Å². The van der Waals surface area contributed by atoms with Crippen LogP contribution in [-0.4, -0.2) is 28.0 Å². The van der Waals surface area contributed by atoms with Crippen LogP contribution in [0.3, 0.4) is 0 Å². The number of aromatic carboxylic acids is 1. The van der Waals surface area contributed by atoms with Gasteiger partial charge < -0.3 is 9.84 Å². The predicted molar refractivity (Wildman–Crippen MR) is 66.0 cm³/mol. The van der Waals surface area contributed by atoms with Crippen molar-refractivity contribution < 1.29 is 14.6 Å². The molecular weight excluding hydrogens is 232 g/mol. The molecule has 0 unspecified atom stereocenters. The fourth-order valence-corrected chi connectivity index (χ4v) is 1.79. The monoisotopic (exact) mass is 246 g/mol. The Kier molecular flexibility index (Phi) is 3.32. The highest BCUT2D eigenvalue weighted by Gasteiger charge is 2.06. The van der Waals surface area contributed by atoms with E-state index in [1.54, 1.807) is 11.8 Å². The molecule has 0 amide bonds. The largest absolute Gasteiger partial charge is 0.496 e. The maximum atomic E-state index is 10.7. The van der Waals surface area contributed by atoms with Crippen molar-refractivity contribution in [2.24, 2.45) is 0 Å². The van der Waals surface area contributed by atoms with Crippen LogP contribution in [0.15, 0.2) is 30.6 Å². The Morgan fingerprint density at radius 3 is 2.83 bits per heavy atom. The number of ether oxygens (including phenoxy) is 1. The summed E-state index contributed by atoms with van der Waals surface area (Å²) < 4.78 is 6.79. The zero-order valence-corrected chi connectivity index (χ0v) is 10.3. The van der Waals surface area contributed by atoms with Gasteiger partial charge in [0, 0.05) is 6.20 Å². The van der Waals surface area contributed by atoms with Crippen molar-refractivity contribution >= 4 is 5.97 Å². The molecule has 5 nitrogen and oxygen atoms in total. The van der Waals surface area contributed by atoms with Gasteiger partial charge in [-0.1, -0.05) is 12.1 Å². The first-order chi connectivity index (χ1) is 8.60. The van der Waals surface area contributed by atoms with Gasteiger partial charge in [0.05, 0.1) is 25.4 Å². The minimum Gasteiger partial charge on any atom is -0.496 e. The topological polar surface area (TPSA) is 64.3 Å². The average molecular weight is 246 g/mol. The summed E-state index contributed by atoms with van der Waals surface area (Å²) >= 11 is 0. The molecule has 0 saturated carbocycles. The fourth-order valence-electron chi connectivity index (χ4n) is 1.79. The first-order valence-corrected chi connectivity index (χ1v) is 5.49. The van der Waals surface area contributed by atoms with Crippen molar-refractivity contribution in [2.45, 2.75) is 13.5 Å². The van der Waals surface area contributed by atoms with E-state index in [1.807, 2.05) is 25.1 Å². The Balaban J connectivity index is 2.18. The molecular formula is C13H14N2O3. The van der Waals surface area contributed by atoms with Crippen molar-refractivity contribution in [3.8, 4) is 5.75 Å². The van der Waals surface area contributed by atoms with Gasteiger partial charge in [-0.3, -0.25) is 4.68 Å². The number of carboxylic acids is 1. The van der Waals surface area contributed by atoms with Crippen LogP contribution in [-0.2, 0) is 6.54 Å². The Morgan fingerprint density at radius 2 is 2.28 bits per heavy atom. The summed E-state index contributed by atoms with van der Waals surface area (Å²) in [7, 11) is 1.63. The van der Waals surface area contributed by atoms with Gasteiger partial charge in [0.1, 0.15) is 5.75 Å². The summed E-state index contributed by atoms with van der Waals surface area (Å²) in [5, 5.41) is 12.8. The van der Waals surface area contributed by atoms with Crippen LogP contribution < -0.4 is 4.74 Å². The third-order valence-corrected chi connectivity index (χ3v) is 2.68. The minimum absolute atomic E-state index is 0.195. The molecule has 5 heteroatoms. The summed E-state index contributed by atoms with van der Waals surface area (Å²) in [5.74, 6) is -0.127. The third kappa shape index (κ3) is 2.51. The molecule has 0 fully saturated rings. The number of hydrogen-bond acceptors (Lipinski definition) is 3. The molecule has 0 aliphatic heterocycles. The molecule has 0 aliphatic rings. The lowest BCUT2D eigenvalue weighted by atomic mass is 10.1. The van der Waals surface area contributed by atoms with Crippen LogP contribution in [0.5, 0.6) is 5.75 Å². The molecule has 1 heterocycles. The normalized spacial score (nSPS) is 10.3. The minimum atomic E-state index is -0.966. The standard InChI is InChI=1S/C13H14N2O3/c1-9-5-10(3-4-12(9)18-2)7-15-8-11(6-14-15)13(16)17/h3-6,8H,7H2,1-2H3,(H,16,17). The Bertz CT molecular complexity index is 575. The third-order valence-electron chi connectivity index (χ3n) is 2.68. The van der Waals surface area contributed by atoms with E-state index in [-0.39, 0.29) is 5.56 Å². The van der Waals surface area contributed by atoms with Crippen LogP contribution in [0.2, 0.25) is 0 Å². The summed E-state index contributed by atoms with van der Waals surface area (Å²) in [6.45, 7) is 2.51. The fraction of sp³-hybridized carbons (Fsp3) is 0.231. The van der Waals surface area contributed by atoms with E-state index in [0.29, 0.717) is 6.54 Å². The maximum absolute atomic E-state index is 10.7. The molecule has 94 valence electrons. The molecule has 2 rings (SSSR count). The zero-order valence-electron chi connectivity index (χ0n) is 10.3. The lowest BCUT2D eigenvalue weighted by molar-refractivity contribution is 0.0697.